The van der Waals surface area contributed by atoms with Gasteiger partial charge in [0.2, 0.25) is 0 Å². The third-order valence-corrected chi connectivity index (χ3v) is 6.47. The smallest absolute Gasteiger partial charge is 0.272 e. The van der Waals surface area contributed by atoms with E-state index in [1.54, 1.807) is 17.4 Å². The molecule has 4 rings (SSSR count). The zero-order valence-electron chi connectivity index (χ0n) is 16.6. The molecule has 2 atom stereocenters. The van der Waals surface area contributed by atoms with Crippen molar-refractivity contribution in [2.45, 2.75) is 38.8 Å². The van der Waals surface area contributed by atoms with Gasteiger partial charge in [0.15, 0.2) is 0 Å². The highest BCUT2D eigenvalue weighted by Gasteiger charge is 2.21. The molecule has 29 heavy (non-hydrogen) atoms. The van der Waals surface area contributed by atoms with Crippen LogP contribution in [0.4, 0.5) is 0 Å². The minimum atomic E-state index is -0.149. The van der Waals surface area contributed by atoms with Crippen LogP contribution in [0.1, 0.15) is 52.9 Å². The van der Waals surface area contributed by atoms with Gasteiger partial charge in [0.1, 0.15) is 10.7 Å². The Morgan fingerprint density at radius 1 is 1.31 bits per heavy atom. The molecule has 1 saturated heterocycles. The lowest BCUT2D eigenvalue weighted by molar-refractivity contribution is 0.0934. The molecule has 8 heteroatoms. The van der Waals surface area contributed by atoms with E-state index in [9.17, 15) is 4.79 Å². The summed E-state index contributed by atoms with van der Waals surface area (Å²) in [6.45, 7) is 5.95. The second kappa shape index (κ2) is 9.52. The van der Waals surface area contributed by atoms with Crippen LogP contribution >= 0.6 is 23.7 Å². The van der Waals surface area contributed by atoms with Gasteiger partial charge in [-0.15, -0.1) is 23.7 Å². The van der Waals surface area contributed by atoms with E-state index in [-0.39, 0.29) is 24.4 Å². The molecule has 1 aliphatic heterocycles. The van der Waals surface area contributed by atoms with E-state index in [1.165, 1.54) is 0 Å². The van der Waals surface area contributed by atoms with E-state index in [2.05, 4.69) is 32.8 Å². The summed E-state index contributed by atoms with van der Waals surface area (Å²) in [5.41, 5.74) is 2.51. The first-order chi connectivity index (χ1) is 13.6. The zero-order valence-corrected chi connectivity index (χ0v) is 18.2. The van der Waals surface area contributed by atoms with E-state index in [0.717, 1.165) is 47.1 Å². The van der Waals surface area contributed by atoms with Crippen molar-refractivity contribution in [1.82, 2.24) is 25.4 Å². The highest BCUT2D eigenvalue weighted by atomic mass is 35.5. The molecule has 2 unspecified atom stereocenters. The van der Waals surface area contributed by atoms with Crippen molar-refractivity contribution in [2.75, 3.05) is 13.1 Å². The van der Waals surface area contributed by atoms with Crippen molar-refractivity contribution in [3.05, 3.63) is 58.9 Å². The van der Waals surface area contributed by atoms with Gasteiger partial charge in [0.05, 0.1) is 22.7 Å². The lowest BCUT2D eigenvalue weighted by atomic mass is 10.1. The average Bonchev–Trinajstić information content (AvgIpc) is 3.36. The number of piperidine rings is 1. The SMILES string of the molecule is Cc1nc(-c2ccccc2)sc1C(C)NC(=O)c1ccn(C2CCCNC2)n1.Cl. The summed E-state index contributed by atoms with van der Waals surface area (Å²) in [5, 5.41) is 11.9. The fraction of sp³-hybridized carbons (Fsp3) is 0.381. The van der Waals surface area contributed by atoms with Gasteiger partial charge in [0, 0.05) is 18.3 Å². The minimum Gasteiger partial charge on any atom is -0.343 e. The molecule has 0 aliphatic carbocycles. The molecule has 1 amide bonds. The molecule has 1 aliphatic rings. The molecule has 0 radical (unpaired) electrons. The minimum absolute atomic E-state index is 0. The number of hydrogen-bond acceptors (Lipinski definition) is 5. The Kier molecular flexibility index (Phi) is 7.05. The predicted molar refractivity (Wildman–Crippen MR) is 119 cm³/mol. The summed E-state index contributed by atoms with van der Waals surface area (Å²) >= 11 is 1.63. The molecule has 1 fully saturated rings. The Hall–Kier alpha value is -2.22. The zero-order chi connectivity index (χ0) is 19.5. The average molecular weight is 432 g/mol. The number of rotatable bonds is 5. The molecule has 0 saturated carbocycles. The van der Waals surface area contributed by atoms with Gasteiger partial charge in [0.25, 0.3) is 5.91 Å². The van der Waals surface area contributed by atoms with Crippen molar-refractivity contribution in [2.24, 2.45) is 0 Å². The number of hydrogen-bond donors (Lipinski definition) is 2. The predicted octanol–water partition coefficient (Wildman–Crippen LogP) is 4.15. The van der Waals surface area contributed by atoms with E-state index in [0.29, 0.717) is 11.7 Å². The van der Waals surface area contributed by atoms with Crippen LogP contribution in [0.3, 0.4) is 0 Å². The summed E-state index contributed by atoms with van der Waals surface area (Å²) < 4.78 is 1.91. The van der Waals surface area contributed by atoms with Crippen LogP contribution in [-0.4, -0.2) is 33.8 Å². The molecule has 0 spiro atoms. The van der Waals surface area contributed by atoms with Gasteiger partial charge in [-0.3, -0.25) is 9.48 Å². The van der Waals surface area contributed by atoms with Crippen LogP contribution in [0.2, 0.25) is 0 Å². The monoisotopic (exact) mass is 431 g/mol. The highest BCUT2D eigenvalue weighted by molar-refractivity contribution is 7.15. The van der Waals surface area contributed by atoms with Gasteiger partial charge >= 0.3 is 0 Å². The number of aromatic nitrogens is 3. The summed E-state index contributed by atoms with van der Waals surface area (Å²) in [7, 11) is 0. The van der Waals surface area contributed by atoms with Crippen LogP contribution < -0.4 is 10.6 Å². The molecule has 3 aromatic rings. The Balaban J connectivity index is 0.00000240. The molecule has 2 N–H and O–H groups in total. The Labute approximate surface area is 181 Å². The van der Waals surface area contributed by atoms with E-state index in [4.69, 9.17) is 0 Å². The molecule has 2 aromatic heterocycles. The fourth-order valence-corrected chi connectivity index (χ4v) is 4.65. The second-order valence-electron chi connectivity index (χ2n) is 7.21. The van der Waals surface area contributed by atoms with Crippen LogP contribution in [0.25, 0.3) is 10.6 Å². The summed E-state index contributed by atoms with van der Waals surface area (Å²) in [4.78, 5) is 18.5. The first kappa shape index (κ1) is 21.5. The highest BCUT2D eigenvalue weighted by Crippen LogP contribution is 2.31. The molecular weight excluding hydrogens is 406 g/mol. The summed E-state index contributed by atoms with van der Waals surface area (Å²) in [5.74, 6) is -0.149. The maximum Gasteiger partial charge on any atom is 0.272 e. The largest absolute Gasteiger partial charge is 0.343 e. The van der Waals surface area contributed by atoms with Crippen LogP contribution in [0.15, 0.2) is 42.6 Å². The van der Waals surface area contributed by atoms with Crippen LogP contribution in [0.5, 0.6) is 0 Å². The van der Waals surface area contributed by atoms with Gasteiger partial charge in [-0.25, -0.2) is 4.98 Å². The Morgan fingerprint density at radius 2 is 2.10 bits per heavy atom. The molecule has 3 heterocycles. The first-order valence-electron chi connectivity index (χ1n) is 9.71. The molecular formula is C21H26ClN5OS. The molecule has 0 bridgehead atoms. The maximum atomic E-state index is 12.7. The van der Waals surface area contributed by atoms with Crippen molar-refractivity contribution in [1.29, 1.82) is 0 Å². The summed E-state index contributed by atoms with van der Waals surface area (Å²) in [6.07, 6.45) is 4.13. The van der Waals surface area contributed by atoms with Crippen molar-refractivity contribution >= 4 is 29.7 Å². The second-order valence-corrected chi connectivity index (χ2v) is 8.24. The quantitative estimate of drug-likeness (QED) is 0.636. The van der Waals surface area contributed by atoms with Crippen LogP contribution in [-0.2, 0) is 0 Å². The van der Waals surface area contributed by atoms with Gasteiger partial charge in [-0.05, 0) is 39.3 Å². The Bertz CT molecular complexity index is 949. The fourth-order valence-electron chi connectivity index (χ4n) is 3.57. The number of nitrogens with one attached hydrogen (secondary N) is 2. The standard InChI is InChI=1S/C21H25N5OS.ClH/c1-14(19-15(2)24-21(28-19)16-7-4-3-5-8-16)23-20(27)18-10-12-26(25-18)17-9-6-11-22-13-17;/h3-5,7-8,10,12,14,17,22H,6,9,11,13H2,1-2H3,(H,23,27);1H. The number of amides is 1. The van der Waals surface area contributed by atoms with Gasteiger partial charge in [-0.2, -0.15) is 5.10 Å². The normalized spacial score (nSPS) is 17.4. The summed E-state index contributed by atoms with van der Waals surface area (Å²) in [6, 6.07) is 12.1. The molecule has 1 aromatic carbocycles. The number of halogens is 1. The number of carbonyl (C=O) groups is 1. The van der Waals surface area contributed by atoms with Gasteiger partial charge in [-0.1, -0.05) is 30.3 Å². The van der Waals surface area contributed by atoms with Crippen LogP contribution in [0, 0.1) is 6.92 Å². The third kappa shape index (κ3) is 4.86. The lowest BCUT2D eigenvalue weighted by Gasteiger charge is -2.22. The van der Waals surface area contributed by atoms with Crippen molar-refractivity contribution in [3.8, 4) is 10.6 Å². The first-order valence-corrected chi connectivity index (χ1v) is 10.5. The number of benzene rings is 1. The van der Waals surface area contributed by atoms with Crippen molar-refractivity contribution in [3.63, 3.8) is 0 Å². The number of thiazole rings is 1. The van der Waals surface area contributed by atoms with E-state index in [1.807, 2.05) is 42.9 Å². The van der Waals surface area contributed by atoms with Gasteiger partial charge < -0.3 is 10.6 Å². The Morgan fingerprint density at radius 3 is 2.83 bits per heavy atom. The lowest BCUT2D eigenvalue weighted by Crippen LogP contribution is -2.32. The number of aryl methyl sites for hydroxylation is 1. The topological polar surface area (TPSA) is 71.8 Å². The number of nitrogens with zero attached hydrogens (tertiary/aromatic N) is 3. The molecule has 154 valence electrons. The van der Waals surface area contributed by atoms with Crippen molar-refractivity contribution < 1.29 is 4.79 Å². The molecule has 6 nitrogen and oxygen atoms in total. The van der Waals surface area contributed by atoms with E-state index < -0.39 is 0 Å². The maximum absolute atomic E-state index is 12.7. The number of carbonyl (C=O) groups excluding carboxylic acids is 1. The third-order valence-electron chi connectivity index (χ3n) is 5.08. The van der Waals surface area contributed by atoms with E-state index >= 15 is 0 Å².